The first-order chi connectivity index (χ1) is 11.8. The van der Waals surface area contributed by atoms with Crippen LogP contribution in [0, 0.1) is 0 Å². The van der Waals surface area contributed by atoms with Gasteiger partial charge in [0.05, 0.1) is 16.1 Å². The van der Waals surface area contributed by atoms with Crippen molar-refractivity contribution in [1.29, 1.82) is 0 Å². The number of halogens is 4. The maximum absolute atomic E-state index is 12.9. The van der Waals surface area contributed by atoms with Crippen molar-refractivity contribution in [3.8, 4) is 0 Å². The zero-order chi connectivity index (χ0) is 18.6. The van der Waals surface area contributed by atoms with Crippen molar-refractivity contribution in [3.05, 3.63) is 46.7 Å². The molecule has 0 saturated carbocycles. The van der Waals surface area contributed by atoms with E-state index in [-0.39, 0.29) is 22.6 Å². The molecule has 2 aromatic rings. The molecule has 0 spiro atoms. The van der Waals surface area contributed by atoms with E-state index in [1.54, 1.807) is 4.90 Å². The molecule has 0 atom stereocenters. The van der Waals surface area contributed by atoms with Crippen molar-refractivity contribution < 1.29 is 18.0 Å². The topological polar surface area (TPSA) is 58.1 Å². The van der Waals surface area contributed by atoms with Crippen molar-refractivity contribution >= 4 is 29.1 Å². The minimum absolute atomic E-state index is 0.0755. The third-order valence-corrected chi connectivity index (χ3v) is 3.81. The number of amides is 1. The number of rotatable bonds is 5. The fraction of sp³-hybridized carbons (Fsp3) is 0.312. The van der Waals surface area contributed by atoms with E-state index < -0.39 is 11.7 Å². The van der Waals surface area contributed by atoms with E-state index in [2.05, 4.69) is 15.3 Å². The Labute approximate surface area is 147 Å². The fourth-order valence-corrected chi connectivity index (χ4v) is 2.37. The maximum Gasteiger partial charge on any atom is 0.417 e. The molecule has 0 unspecified atom stereocenters. The molecule has 5 nitrogen and oxygen atoms in total. The van der Waals surface area contributed by atoms with Gasteiger partial charge < -0.3 is 10.2 Å². The summed E-state index contributed by atoms with van der Waals surface area (Å²) in [7, 11) is 0. The molecule has 0 aliphatic carbocycles. The molecule has 25 heavy (non-hydrogen) atoms. The maximum atomic E-state index is 12.9. The molecule has 1 amide bonds. The first kappa shape index (κ1) is 19.0. The van der Waals surface area contributed by atoms with E-state index >= 15 is 0 Å². The third-order valence-electron chi connectivity index (χ3n) is 3.48. The van der Waals surface area contributed by atoms with Gasteiger partial charge in [0, 0.05) is 31.2 Å². The van der Waals surface area contributed by atoms with Crippen LogP contribution in [-0.2, 0) is 6.18 Å². The molecule has 0 bridgehead atoms. The summed E-state index contributed by atoms with van der Waals surface area (Å²) >= 11 is 5.58. The minimum Gasteiger partial charge on any atom is -0.339 e. The lowest BCUT2D eigenvalue weighted by atomic mass is 10.2. The van der Waals surface area contributed by atoms with Gasteiger partial charge in [-0.25, -0.2) is 9.97 Å². The summed E-state index contributed by atoms with van der Waals surface area (Å²) in [5, 5.41) is 2.27. The van der Waals surface area contributed by atoms with Crippen LogP contribution in [0.3, 0.4) is 0 Å². The Kier molecular flexibility index (Phi) is 5.84. The van der Waals surface area contributed by atoms with Gasteiger partial charge in [-0.05, 0) is 32.0 Å². The Hall–Kier alpha value is -2.35. The van der Waals surface area contributed by atoms with Gasteiger partial charge in [-0.3, -0.25) is 4.79 Å². The van der Waals surface area contributed by atoms with Crippen LogP contribution >= 0.6 is 11.6 Å². The normalized spacial score (nSPS) is 11.3. The summed E-state index contributed by atoms with van der Waals surface area (Å²) in [6, 6.07) is 3.40. The minimum atomic E-state index is -4.56. The molecule has 0 radical (unpaired) electrons. The number of alkyl halides is 3. The molecule has 2 rings (SSSR count). The summed E-state index contributed by atoms with van der Waals surface area (Å²) in [5.41, 5.74) is -0.506. The van der Waals surface area contributed by atoms with Gasteiger partial charge in [0.15, 0.2) is 0 Å². The first-order valence-corrected chi connectivity index (χ1v) is 7.89. The first-order valence-electron chi connectivity index (χ1n) is 7.51. The highest BCUT2D eigenvalue weighted by atomic mass is 35.5. The lowest BCUT2D eigenvalue weighted by Crippen LogP contribution is -2.30. The molecular weight excluding hydrogens is 357 g/mol. The standard InChI is InChI=1S/C16H16ClF3N4O/c1-3-24(4-2)14(25)10-8-21-15(22-9-10)23-11-5-6-13(17)12(7-11)16(18,19)20/h5-9H,3-4H2,1-2H3,(H,21,22,23). The number of carbonyl (C=O) groups is 1. The van der Waals surface area contributed by atoms with E-state index in [4.69, 9.17) is 11.6 Å². The molecule has 0 aliphatic rings. The van der Waals surface area contributed by atoms with Gasteiger partial charge in [0.25, 0.3) is 5.91 Å². The Bertz CT molecular complexity index is 746. The highest BCUT2D eigenvalue weighted by Gasteiger charge is 2.33. The highest BCUT2D eigenvalue weighted by Crippen LogP contribution is 2.36. The molecule has 9 heteroatoms. The summed E-state index contributed by atoms with van der Waals surface area (Å²) in [6.07, 6.45) is -1.90. The van der Waals surface area contributed by atoms with Crippen LogP contribution in [0.2, 0.25) is 5.02 Å². The van der Waals surface area contributed by atoms with Crippen LogP contribution < -0.4 is 5.32 Å². The second kappa shape index (κ2) is 7.69. The molecule has 1 heterocycles. The van der Waals surface area contributed by atoms with Crippen LogP contribution in [0.5, 0.6) is 0 Å². The molecule has 1 N–H and O–H groups in total. The number of hydrogen-bond acceptors (Lipinski definition) is 4. The van der Waals surface area contributed by atoms with E-state index in [1.807, 2.05) is 13.8 Å². The number of nitrogens with zero attached hydrogens (tertiary/aromatic N) is 3. The zero-order valence-corrected chi connectivity index (χ0v) is 14.3. The number of carbonyl (C=O) groups excluding carboxylic acids is 1. The second-order valence-electron chi connectivity index (χ2n) is 5.09. The quantitative estimate of drug-likeness (QED) is 0.846. The molecular formula is C16H16ClF3N4O. The summed E-state index contributed by atoms with van der Waals surface area (Å²) in [5.74, 6) is -0.131. The van der Waals surface area contributed by atoms with Crippen LogP contribution in [0.25, 0.3) is 0 Å². The number of anilines is 2. The number of benzene rings is 1. The Morgan fingerprint density at radius 3 is 2.32 bits per heavy atom. The number of hydrogen-bond donors (Lipinski definition) is 1. The molecule has 1 aromatic heterocycles. The Balaban J connectivity index is 2.18. The Morgan fingerprint density at radius 2 is 1.80 bits per heavy atom. The molecule has 0 aliphatic heterocycles. The van der Waals surface area contributed by atoms with Crippen molar-refractivity contribution in [3.63, 3.8) is 0 Å². The molecule has 0 fully saturated rings. The van der Waals surface area contributed by atoms with Gasteiger partial charge in [-0.1, -0.05) is 11.6 Å². The predicted octanol–water partition coefficient (Wildman–Crippen LogP) is 4.37. The van der Waals surface area contributed by atoms with E-state index in [1.165, 1.54) is 18.5 Å². The van der Waals surface area contributed by atoms with Gasteiger partial charge >= 0.3 is 6.18 Å². The third kappa shape index (κ3) is 4.60. The smallest absolute Gasteiger partial charge is 0.339 e. The predicted molar refractivity (Wildman–Crippen MR) is 89.0 cm³/mol. The van der Waals surface area contributed by atoms with Crippen molar-refractivity contribution in [2.75, 3.05) is 18.4 Å². The SMILES string of the molecule is CCN(CC)C(=O)c1cnc(Nc2ccc(Cl)c(C(F)(F)F)c2)nc1. The van der Waals surface area contributed by atoms with Gasteiger partial charge in [0.2, 0.25) is 5.95 Å². The van der Waals surface area contributed by atoms with Crippen molar-refractivity contribution in [1.82, 2.24) is 14.9 Å². The van der Waals surface area contributed by atoms with Crippen LogP contribution in [0.1, 0.15) is 29.8 Å². The summed E-state index contributed by atoms with van der Waals surface area (Å²) < 4.78 is 38.6. The van der Waals surface area contributed by atoms with Crippen LogP contribution in [0.15, 0.2) is 30.6 Å². The van der Waals surface area contributed by atoms with Gasteiger partial charge in [-0.15, -0.1) is 0 Å². The lowest BCUT2D eigenvalue weighted by Gasteiger charge is -2.18. The van der Waals surface area contributed by atoms with E-state index in [0.29, 0.717) is 18.7 Å². The van der Waals surface area contributed by atoms with E-state index in [0.717, 1.165) is 12.1 Å². The molecule has 134 valence electrons. The summed E-state index contributed by atoms with van der Waals surface area (Å²) in [6.45, 7) is 4.83. The Morgan fingerprint density at radius 1 is 1.20 bits per heavy atom. The largest absolute Gasteiger partial charge is 0.417 e. The van der Waals surface area contributed by atoms with Gasteiger partial charge in [-0.2, -0.15) is 13.2 Å². The van der Waals surface area contributed by atoms with Crippen molar-refractivity contribution in [2.24, 2.45) is 0 Å². The van der Waals surface area contributed by atoms with Gasteiger partial charge in [0.1, 0.15) is 0 Å². The number of aromatic nitrogens is 2. The lowest BCUT2D eigenvalue weighted by molar-refractivity contribution is -0.137. The van der Waals surface area contributed by atoms with Crippen molar-refractivity contribution in [2.45, 2.75) is 20.0 Å². The second-order valence-corrected chi connectivity index (χ2v) is 5.50. The average Bonchev–Trinajstić information content (AvgIpc) is 2.57. The van der Waals surface area contributed by atoms with Crippen LogP contribution in [0.4, 0.5) is 24.8 Å². The average molecular weight is 373 g/mol. The monoisotopic (exact) mass is 372 g/mol. The highest BCUT2D eigenvalue weighted by molar-refractivity contribution is 6.31. The summed E-state index contributed by atoms with van der Waals surface area (Å²) in [4.78, 5) is 21.7. The van der Waals surface area contributed by atoms with Crippen LogP contribution in [-0.4, -0.2) is 33.9 Å². The zero-order valence-electron chi connectivity index (χ0n) is 13.6. The fourth-order valence-electron chi connectivity index (χ4n) is 2.15. The molecule has 1 aromatic carbocycles. The number of nitrogens with one attached hydrogen (secondary N) is 1. The molecule has 0 saturated heterocycles. The van der Waals surface area contributed by atoms with E-state index in [9.17, 15) is 18.0 Å².